The summed E-state index contributed by atoms with van der Waals surface area (Å²) in [6.45, 7) is 2.36. The minimum atomic E-state index is -0.00277. The van der Waals surface area contributed by atoms with Crippen molar-refractivity contribution in [2.75, 3.05) is 5.32 Å². The Bertz CT molecular complexity index is 511. The Labute approximate surface area is 108 Å². The molecule has 1 aromatic heterocycles. The summed E-state index contributed by atoms with van der Waals surface area (Å²) in [5, 5.41) is 12.5. The quantitative estimate of drug-likeness (QED) is 0.911. The second-order valence-corrected chi connectivity index (χ2v) is 4.57. The number of aromatic nitrogens is 1. The lowest BCUT2D eigenvalue weighted by Gasteiger charge is -2.09. The van der Waals surface area contributed by atoms with Gasteiger partial charge in [-0.3, -0.25) is 0 Å². The first kappa shape index (κ1) is 12.1. The minimum Gasteiger partial charge on any atom is -0.444 e. The molecule has 0 saturated carbocycles. The molecule has 90 valence electrons. The molecule has 0 bridgehead atoms. The maximum Gasteiger partial charge on any atom is 0.191 e. The fourth-order valence-corrected chi connectivity index (χ4v) is 1.94. The number of benzene rings is 1. The highest BCUT2D eigenvalue weighted by Gasteiger charge is 2.04. The number of halogens is 1. The topological polar surface area (TPSA) is 58.3 Å². The lowest BCUT2D eigenvalue weighted by Crippen LogP contribution is -2.01. The van der Waals surface area contributed by atoms with Gasteiger partial charge in [0.1, 0.15) is 5.76 Å². The molecule has 17 heavy (non-hydrogen) atoms. The number of nitrogens with one attached hydrogen (secondary N) is 1. The van der Waals surface area contributed by atoms with Crippen LogP contribution in [-0.4, -0.2) is 10.1 Å². The Morgan fingerprint density at radius 2 is 2.29 bits per heavy atom. The fourth-order valence-electron chi connectivity index (χ4n) is 1.53. The molecule has 2 aromatic rings. The van der Waals surface area contributed by atoms with Gasteiger partial charge in [0.25, 0.3) is 0 Å². The van der Waals surface area contributed by atoms with Crippen LogP contribution in [0.1, 0.15) is 17.2 Å². The van der Waals surface area contributed by atoms with Crippen molar-refractivity contribution >= 4 is 21.6 Å². The molecule has 0 aliphatic carbocycles. The number of aliphatic hydroxyl groups is 1. The average Bonchev–Trinajstić information content (AvgIpc) is 2.73. The first-order valence-electron chi connectivity index (χ1n) is 5.23. The molecule has 0 aliphatic rings. The van der Waals surface area contributed by atoms with E-state index >= 15 is 0 Å². The molecular formula is C12H13BrN2O2. The zero-order valence-electron chi connectivity index (χ0n) is 9.40. The Hall–Kier alpha value is -1.33. The molecule has 0 radical (unpaired) electrons. The van der Waals surface area contributed by atoms with Crippen molar-refractivity contribution in [2.24, 2.45) is 0 Å². The van der Waals surface area contributed by atoms with E-state index in [4.69, 9.17) is 4.42 Å². The van der Waals surface area contributed by atoms with Gasteiger partial charge >= 0.3 is 0 Å². The van der Waals surface area contributed by atoms with Gasteiger partial charge < -0.3 is 14.8 Å². The third-order valence-electron chi connectivity index (χ3n) is 2.36. The van der Waals surface area contributed by atoms with Crippen LogP contribution in [0.4, 0.5) is 5.69 Å². The van der Waals surface area contributed by atoms with E-state index in [-0.39, 0.29) is 6.61 Å². The molecule has 0 aliphatic heterocycles. The Morgan fingerprint density at radius 3 is 2.94 bits per heavy atom. The largest absolute Gasteiger partial charge is 0.444 e. The number of hydrogen-bond acceptors (Lipinski definition) is 4. The number of anilines is 1. The van der Waals surface area contributed by atoms with Crippen molar-refractivity contribution in [1.29, 1.82) is 0 Å². The van der Waals surface area contributed by atoms with Gasteiger partial charge in [0.05, 0.1) is 19.3 Å². The number of oxazole rings is 1. The number of nitrogens with zero attached hydrogens (tertiary/aromatic N) is 1. The summed E-state index contributed by atoms with van der Waals surface area (Å²) in [6, 6.07) is 5.72. The predicted octanol–water partition coefficient (Wildman–Crippen LogP) is 2.85. The summed E-state index contributed by atoms with van der Waals surface area (Å²) >= 11 is 3.37. The number of aliphatic hydroxyl groups excluding tert-OH is 1. The van der Waals surface area contributed by atoms with E-state index < -0.39 is 0 Å². The van der Waals surface area contributed by atoms with Crippen molar-refractivity contribution in [2.45, 2.75) is 20.1 Å². The highest BCUT2D eigenvalue weighted by molar-refractivity contribution is 9.10. The molecule has 2 rings (SSSR count). The second-order valence-electron chi connectivity index (χ2n) is 3.66. The van der Waals surface area contributed by atoms with Gasteiger partial charge in [-0.1, -0.05) is 15.9 Å². The van der Waals surface area contributed by atoms with Gasteiger partial charge in [0.2, 0.25) is 0 Å². The Kier molecular flexibility index (Phi) is 3.81. The normalized spacial score (nSPS) is 10.5. The third kappa shape index (κ3) is 3.08. The van der Waals surface area contributed by atoms with Gasteiger partial charge in [0.15, 0.2) is 5.89 Å². The first-order valence-corrected chi connectivity index (χ1v) is 6.03. The maximum absolute atomic E-state index is 9.25. The standard InChI is InChI=1S/C12H13BrN2O2/c1-8-14-5-11(17-8)6-15-12-3-2-10(13)4-9(12)7-16/h2-5,15-16H,6-7H2,1H3. The summed E-state index contributed by atoms with van der Waals surface area (Å²) in [7, 11) is 0. The molecule has 5 heteroatoms. The van der Waals surface area contributed by atoms with E-state index in [1.54, 1.807) is 6.20 Å². The number of rotatable bonds is 4. The average molecular weight is 297 g/mol. The molecule has 0 atom stereocenters. The third-order valence-corrected chi connectivity index (χ3v) is 2.85. The van der Waals surface area contributed by atoms with E-state index in [0.717, 1.165) is 21.5 Å². The van der Waals surface area contributed by atoms with Crippen LogP contribution in [-0.2, 0) is 13.2 Å². The predicted molar refractivity (Wildman–Crippen MR) is 68.6 cm³/mol. The van der Waals surface area contributed by atoms with Crippen LogP contribution in [0.3, 0.4) is 0 Å². The van der Waals surface area contributed by atoms with Crippen LogP contribution in [0.15, 0.2) is 33.3 Å². The monoisotopic (exact) mass is 296 g/mol. The zero-order valence-corrected chi connectivity index (χ0v) is 11.0. The van der Waals surface area contributed by atoms with Gasteiger partial charge in [0, 0.05) is 22.6 Å². The fraction of sp³-hybridized carbons (Fsp3) is 0.250. The summed E-state index contributed by atoms with van der Waals surface area (Å²) in [5.41, 5.74) is 1.74. The minimum absolute atomic E-state index is 0.00277. The molecule has 4 nitrogen and oxygen atoms in total. The molecule has 0 fully saturated rings. The van der Waals surface area contributed by atoms with Gasteiger partial charge in [-0.05, 0) is 18.2 Å². The lowest BCUT2D eigenvalue weighted by molar-refractivity contribution is 0.282. The Morgan fingerprint density at radius 1 is 1.47 bits per heavy atom. The summed E-state index contributed by atoms with van der Waals surface area (Å²) in [4.78, 5) is 4.02. The summed E-state index contributed by atoms with van der Waals surface area (Å²) in [5.74, 6) is 1.43. The van der Waals surface area contributed by atoms with Crippen molar-refractivity contribution in [3.8, 4) is 0 Å². The summed E-state index contributed by atoms with van der Waals surface area (Å²) in [6.07, 6.45) is 1.69. The van der Waals surface area contributed by atoms with Crippen LogP contribution in [0.25, 0.3) is 0 Å². The van der Waals surface area contributed by atoms with Crippen molar-refractivity contribution in [3.05, 3.63) is 46.1 Å². The van der Waals surface area contributed by atoms with Crippen molar-refractivity contribution in [3.63, 3.8) is 0 Å². The van der Waals surface area contributed by atoms with Crippen LogP contribution in [0, 0.1) is 6.92 Å². The van der Waals surface area contributed by atoms with Gasteiger partial charge in [-0.15, -0.1) is 0 Å². The van der Waals surface area contributed by atoms with Crippen LogP contribution >= 0.6 is 15.9 Å². The molecule has 1 aromatic carbocycles. The van der Waals surface area contributed by atoms with Gasteiger partial charge in [-0.25, -0.2) is 4.98 Å². The van der Waals surface area contributed by atoms with E-state index in [1.165, 1.54) is 0 Å². The van der Waals surface area contributed by atoms with Crippen LogP contribution < -0.4 is 5.32 Å². The van der Waals surface area contributed by atoms with Crippen molar-refractivity contribution < 1.29 is 9.52 Å². The highest BCUT2D eigenvalue weighted by atomic mass is 79.9. The molecule has 0 amide bonds. The smallest absolute Gasteiger partial charge is 0.191 e. The zero-order chi connectivity index (χ0) is 12.3. The van der Waals surface area contributed by atoms with E-state index in [0.29, 0.717) is 12.4 Å². The second kappa shape index (κ2) is 5.33. The number of aryl methyl sites for hydroxylation is 1. The Balaban J connectivity index is 2.08. The molecule has 1 heterocycles. The SMILES string of the molecule is Cc1ncc(CNc2ccc(Br)cc2CO)o1. The van der Waals surface area contributed by atoms with E-state index in [1.807, 2.05) is 25.1 Å². The molecular weight excluding hydrogens is 284 g/mol. The first-order chi connectivity index (χ1) is 8.19. The maximum atomic E-state index is 9.25. The highest BCUT2D eigenvalue weighted by Crippen LogP contribution is 2.21. The molecule has 0 unspecified atom stereocenters. The van der Waals surface area contributed by atoms with E-state index in [9.17, 15) is 5.11 Å². The van der Waals surface area contributed by atoms with Gasteiger partial charge in [-0.2, -0.15) is 0 Å². The van der Waals surface area contributed by atoms with E-state index in [2.05, 4.69) is 26.2 Å². The van der Waals surface area contributed by atoms with Crippen LogP contribution in [0.2, 0.25) is 0 Å². The van der Waals surface area contributed by atoms with Crippen molar-refractivity contribution in [1.82, 2.24) is 4.98 Å². The van der Waals surface area contributed by atoms with Crippen LogP contribution in [0.5, 0.6) is 0 Å². The molecule has 2 N–H and O–H groups in total. The molecule has 0 spiro atoms. The number of hydrogen-bond donors (Lipinski definition) is 2. The molecule has 0 saturated heterocycles. The lowest BCUT2D eigenvalue weighted by atomic mass is 10.2. The summed E-state index contributed by atoms with van der Waals surface area (Å²) < 4.78 is 6.30.